The lowest BCUT2D eigenvalue weighted by molar-refractivity contribution is -0.177. The minimum Gasteiger partial charge on any atom is -0.342 e. The number of alkyl halides is 3. The maximum absolute atomic E-state index is 14.1. The molecule has 2 unspecified atom stereocenters. The van der Waals surface area contributed by atoms with E-state index < -0.39 is 18.0 Å². The Bertz CT molecular complexity index is 880. The van der Waals surface area contributed by atoms with Gasteiger partial charge >= 0.3 is 6.18 Å². The average molecular weight is 463 g/mol. The van der Waals surface area contributed by atoms with Gasteiger partial charge in [-0.2, -0.15) is 13.2 Å². The number of hydrogen-bond acceptors (Lipinski definition) is 2. The molecular formula is C27H37F3N2O. The first-order valence-corrected chi connectivity index (χ1v) is 12.6. The van der Waals surface area contributed by atoms with Gasteiger partial charge in [0.15, 0.2) is 0 Å². The lowest BCUT2D eigenvalue weighted by atomic mass is 9.39. The van der Waals surface area contributed by atoms with Crippen molar-refractivity contribution in [3.8, 4) is 0 Å². The summed E-state index contributed by atoms with van der Waals surface area (Å²) in [6.45, 7) is 5.63. The Morgan fingerprint density at radius 1 is 1.09 bits per heavy atom. The molecule has 1 aromatic carbocycles. The van der Waals surface area contributed by atoms with Crippen molar-refractivity contribution in [2.45, 2.75) is 82.8 Å². The van der Waals surface area contributed by atoms with Crippen molar-refractivity contribution in [3.05, 3.63) is 35.9 Å². The Morgan fingerprint density at radius 2 is 1.73 bits per heavy atom. The molecule has 33 heavy (non-hydrogen) atoms. The van der Waals surface area contributed by atoms with Crippen LogP contribution in [0.25, 0.3) is 0 Å². The van der Waals surface area contributed by atoms with Gasteiger partial charge in [0.25, 0.3) is 0 Å². The average Bonchev–Trinajstić information content (AvgIpc) is 2.74. The molecule has 1 aromatic rings. The molecule has 6 rings (SSSR count). The van der Waals surface area contributed by atoms with E-state index in [-0.39, 0.29) is 47.0 Å². The van der Waals surface area contributed by atoms with E-state index in [1.54, 1.807) is 0 Å². The third-order valence-corrected chi connectivity index (χ3v) is 9.70. The molecule has 3 nitrogen and oxygen atoms in total. The van der Waals surface area contributed by atoms with Crippen molar-refractivity contribution in [2.75, 3.05) is 13.1 Å². The maximum atomic E-state index is 14.1. The van der Waals surface area contributed by atoms with E-state index in [9.17, 15) is 18.0 Å². The van der Waals surface area contributed by atoms with Crippen LogP contribution in [0.2, 0.25) is 0 Å². The van der Waals surface area contributed by atoms with Crippen LogP contribution in [0.3, 0.4) is 0 Å². The summed E-state index contributed by atoms with van der Waals surface area (Å²) in [4.78, 5) is 16.2. The van der Waals surface area contributed by atoms with Gasteiger partial charge in [-0.3, -0.25) is 4.79 Å². The number of nitrogens with zero attached hydrogens (tertiary/aromatic N) is 1. The molecule has 4 saturated carbocycles. The zero-order chi connectivity index (χ0) is 23.6. The van der Waals surface area contributed by atoms with E-state index in [2.05, 4.69) is 38.1 Å². The van der Waals surface area contributed by atoms with Crippen LogP contribution in [0, 0.1) is 28.6 Å². The summed E-state index contributed by atoms with van der Waals surface area (Å²) in [5, 5.41) is 0. The molecule has 2 N–H and O–H groups in total. The van der Waals surface area contributed by atoms with Gasteiger partial charge in [-0.05, 0) is 79.1 Å². The van der Waals surface area contributed by atoms with Gasteiger partial charge in [0.2, 0.25) is 5.91 Å². The number of carbonyl (C=O) groups excluding carboxylic acids is 1. The van der Waals surface area contributed by atoms with Gasteiger partial charge in [-0.15, -0.1) is 0 Å². The molecular weight excluding hydrogens is 425 g/mol. The lowest BCUT2D eigenvalue weighted by Gasteiger charge is -2.65. The standard InChI is InChI=1S/C27H37F3N2O/c1-24(2)17-32(11-9-22(24)31)23(33)26-14-18-12-25(16-26,20-6-4-3-5-7-20)13-19(15-26)21(18)8-10-27(28,29)30/h3-7,18-19,21-22H,8-17,31H2,1-2H3/t18?,19?,21?,22-,25?,26?/m0/s1. The molecule has 5 fully saturated rings. The van der Waals surface area contributed by atoms with Crippen molar-refractivity contribution in [1.29, 1.82) is 0 Å². The van der Waals surface area contributed by atoms with E-state index in [1.165, 1.54) is 5.56 Å². The van der Waals surface area contributed by atoms with Crippen molar-refractivity contribution >= 4 is 5.91 Å². The molecule has 0 radical (unpaired) electrons. The fourth-order valence-electron chi connectivity index (χ4n) is 8.31. The number of halogens is 3. The largest absolute Gasteiger partial charge is 0.389 e. The molecule has 0 aromatic heterocycles. The molecule has 1 aliphatic heterocycles. The van der Waals surface area contributed by atoms with Crippen LogP contribution in [0.15, 0.2) is 30.3 Å². The van der Waals surface area contributed by atoms with Crippen molar-refractivity contribution in [3.63, 3.8) is 0 Å². The summed E-state index contributed by atoms with van der Waals surface area (Å²) in [7, 11) is 0. The number of carbonyl (C=O) groups is 1. The Hall–Kier alpha value is -1.56. The first kappa shape index (κ1) is 23.2. The molecule has 4 bridgehead atoms. The number of piperidine rings is 1. The van der Waals surface area contributed by atoms with Gasteiger partial charge in [0, 0.05) is 25.6 Å². The van der Waals surface area contributed by atoms with Crippen molar-refractivity contribution in [2.24, 2.45) is 34.3 Å². The van der Waals surface area contributed by atoms with E-state index in [4.69, 9.17) is 5.73 Å². The van der Waals surface area contributed by atoms with Gasteiger partial charge in [0.05, 0.1) is 5.41 Å². The van der Waals surface area contributed by atoms with Crippen LogP contribution < -0.4 is 5.73 Å². The molecule has 6 heteroatoms. The highest BCUT2D eigenvalue weighted by Gasteiger charge is 2.64. The number of benzene rings is 1. The van der Waals surface area contributed by atoms with Crippen LogP contribution in [-0.4, -0.2) is 36.1 Å². The fourth-order valence-corrected chi connectivity index (χ4v) is 8.31. The van der Waals surface area contributed by atoms with Gasteiger partial charge in [0.1, 0.15) is 0 Å². The van der Waals surface area contributed by atoms with Crippen molar-refractivity contribution < 1.29 is 18.0 Å². The van der Waals surface area contributed by atoms with Gasteiger partial charge < -0.3 is 10.6 Å². The monoisotopic (exact) mass is 462 g/mol. The van der Waals surface area contributed by atoms with Crippen LogP contribution in [0.5, 0.6) is 0 Å². The van der Waals surface area contributed by atoms with E-state index >= 15 is 0 Å². The van der Waals surface area contributed by atoms with E-state index in [1.807, 2.05) is 11.0 Å². The normalized spacial score (nSPS) is 39.6. The molecule has 1 amide bonds. The molecule has 5 aliphatic rings. The first-order chi connectivity index (χ1) is 15.4. The molecule has 0 spiro atoms. The van der Waals surface area contributed by atoms with Gasteiger partial charge in [-0.25, -0.2) is 0 Å². The summed E-state index contributed by atoms with van der Waals surface area (Å²) in [5.41, 5.74) is 6.96. The Kier molecular flexibility index (Phi) is 5.43. The van der Waals surface area contributed by atoms with E-state index in [0.717, 1.165) is 38.5 Å². The highest BCUT2D eigenvalue weighted by atomic mass is 19.4. The molecule has 4 aliphatic carbocycles. The third kappa shape index (κ3) is 4.00. The minimum absolute atomic E-state index is 0.0795. The quantitative estimate of drug-likeness (QED) is 0.626. The maximum Gasteiger partial charge on any atom is 0.389 e. The number of likely N-dealkylation sites (tertiary alicyclic amines) is 1. The lowest BCUT2D eigenvalue weighted by Crippen LogP contribution is -2.64. The summed E-state index contributed by atoms with van der Waals surface area (Å²) in [5.74, 6) is 0.706. The summed E-state index contributed by atoms with van der Waals surface area (Å²) >= 11 is 0. The first-order valence-electron chi connectivity index (χ1n) is 12.6. The highest BCUT2D eigenvalue weighted by molar-refractivity contribution is 5.84. The van der Waals surface area contributed by atoms with E-state index in [0.29, 0.717) is 13.1 Å². The smallest absolute Gasteiger partial charge is 0.342 e. The summed E-state index contributed by atoms with van der Waals surface area (Å²) < 4.78 is 39.3. The summed E-state index contributed by atoms with van der Waals surface area (Å²) in [6.07, 6.45) is 0.372. The Balaban J connectivity index is 1.46. The number of nitrogens with two attached hydrogens (primary N) is 1. The summed E-state index contributed by atoms with van der Waals surface area (Å²) in [6, 6.07) is 10.5. The predicted octanol–water partition coefficient (Wildman–Crippen LogP) is 5.68. The zero-order valence-corrected chi connectivity index (χ0v) is 19.8. The molecule has 182 valence electrons. The minimum atomic E-state index is -4.11. The molecule has 1 saturated heterocycles. The highest BCUT2D eigenvalue weighted by Crippen LogP contribution is 2.68. The SMILES string of the molecule is CC1(C)CN(C(=O)C23CC4CC(c5ccccc5)(CC(C2)C4CCC(F)(F)F)C3)CC[C@@H]1N. The van der Waals surface area contributed by atoms with Crippen LogP contribution >= 0.6 is 0 Å². The van der Waals surface area contributed by atoms with Crippen LogP contribution in [0.1, 0.15) is 70.8 Å². The Morgan fingerprint density at radius 3 is 2.30 bits per heavy atom. The predicted molar refractivity (Wildman–Crippen MR) is 122 cm³/mol. The second-order valence-corrected chi connectivity index (χ2v) is 12.4. The van der Waals surface area contributed by atoms with Crippen LogP contribution in [-0.2, 0) is 10.2 Å². The number of hydrogen-bond donors (Lipinski definition) is 1. The zero-order valence-electron chi connectivity index (χ0n) is 19.8. The van der Waals surface area contributed by atoms with Crippen LogP contribution in [0.4, 0.5) is 13.2 Å². The third-order valence-electron chi connectivity index (χ3n) is 9.70. The second kappa shape index (κ2) is 7.73. The van der Waals surface area contributed by atoms with Crippen molar-refractivity contribution in [1.82, 2.24) is 4.90 Å². The Labute approximate surface area is 195 Å². The fraction of sp³-hybridized carbons (Fsp3) is 0.741. The second-order valence-electron chi connectivity index (χ2n) is 12.4. The number of rotatable bonds is 4. The van der Waals surface area contributed by atoms with Gasteiger partial charge in [-0.1, -0.05) is 44.2 Å². The topological polar surface area (TPSA) is 46.3 Å². The molecule has 3 atom stereocenters. The molecule has 1 heterocycles. The number of amides is 1.